The van der Waals surface area contributed by atoms with E-state index in [4.69, 9.17) is 4.74 Å². The number of aliphatic hydroxyl groups is 1. The van der Waals surface area contributed by atoms with Crippen molar-refractivity contribution in [1.29, 1.82) is 0 Å². The van der Waals surface area contributed by atoms with Crippen molar-refractivity contribution in [2.24, 2.45) is 5.92 Å². The second-order valence-electron chi connectivity index (χ2n) is 8.36. The molecule has 0 unspecified atom stereocenters. The van der Waals surface area contributed by atoms with Gasteiger partial charge in [-0.05, 0) is 61.4 Å². The predicted molar refractivity (Wildman–Crippen MR) is 96.6 cm³/mol. The lowest BCUT2D eigenvalue weighted by molar-refractivity contribution is -0.137. The first-order valence-corrected chi connectivity index (χ1v) is 9.55. The summed E-state index contributed by atoms with van der Waals surface area (Å²) in [5.74, 6) is -1.45. The van der Waals surface area contributed by atoms with E-state index in [2.05, 4.69) is 0 Å². The van der Waals surface area contributed by atoms with Crippen molar-refractivity contribution in [3.05, 3.63) is 64.7 Å². The van der Waals surface area contributed by atoms with Gasteiger partial charge in [0.15, 0.2) is 11.6 Å². The lowest BCUT2D eigenvalue weighted by Crippen LogP contribution is -2.62. The van der Waals surface area contributed by atoms with Crippen LogP contribution in [-0.4, -0.2) is 17.3 Å². The molecule has 0 bridgehead atoms. The molecule has 1 saturated carbocycles. The molecule has 156 valence electrons. The Kier molecular flexibility index (Phi) is 4.64. The molecule has 2 aromatic rings. The third-order valence-corrected chi connectivity index (χ3v) is 6.42. The third kappa shape index (κ3) is 3.19. The number of hydrogen-bond donors (Lipinski definition) is 1. The predicted octanol–water partition coefficient (Wildman–Crippen LogP) is 5.41. The Bertz CT molecular complexity index is 924. The Morgan fingerprint density at radius 3 is 2.38 bits per heavy atom. The highest BCUT2D eigenvalue weighted by Gasteiger charge is 2.59. The lowest BCUT2D eigenvalue weighted by atomic mass is 9.54. The molecule has 1 heterocycles. The molecule has 2 aliphatic rings. The maximum Gasteiger partial charge on any atom is 0.416 e. The summed E-state index contributed by atoms with van der Waals surface area (Å²) < 4.78 is 73.5. The van der Waals surface area contributed by atoms with Crippen LogP contribution >= 0.6 is 0 Å². The maximum absolute atomic E-state index is 15.0. The van der Waals surface area contributed by atoms with Gasteiger partial charge in [0, 0.05) is 11.0 Å². The van der Waals surface area contributed by atoms with Crippen LogP contribution in [0.15, 0.2) is 36.4 Å². The van der Waals surface area contributed by atoms with Crippen LogP contribution in [0, 0.1) is 17.6 Å². The molecule has 1 fully saturated rings. The van der Waals surface area contributed by atoms with E-state index in [9.17, 15) is 27.1 Å². The Morgan fingerprint density at radius 1 is 1.07 bits per heavy atom. The van der Waals surface area contributed by atoms with E-state index in [1.54, 1.807) is 0 Å². The van der Waals surface area contributed by atoms with Gasteiger partial charge in [-0.15, -0.1) is 0 Å². The first-order valence-electron chi connectivity index (χ1n) is 9.55. The van der Waals surface area contributed by atoms with Gasteiger partial charge >= 0.3 is 6.18 Å². The van der Waals surface area contributed by atoms with Gasteiger partial charge < -0.3 is 9.84 Å². The fraction of sp³-hybridized carbons (Fsp3) is 0.455. The van der Waals surface area contributed by atoms with Gasteiger partial charge in [0.2, 0.25) is 0 Å². The summed E-state index contributed by atoms with van der Waals surface area (Å²) in [6.45, 7) is 1.78. The van der Waals surface area contributed by atoms with E-state index in [0.29, 0.717) is 24.8 Å². The Morgan fingerprint density at radius 2 is 1.72 bits per heavy atom. The quantitative estimate of drug-likeness (QED) is 0.669. The van der Waals surface area contributed by atoms with Crippen LogP contribution in [0.2, 0.25) is 0 Å². The van der Waals surface area contributed by atoms with Gasteiger partial charge in [0.05, 0.1) is 5.56 Å². The van der Waals surface area contributed by atoms with E-state index in [1.165, 1.54) is 12.1 Å². The molecule has 1 N–H and O–H groups in total. The van der Waals surface area contributed by atoms with Crippen molar-refractivity contribution in [3.8, 4) is 5.75 Å². The number of hydrogen-bond acceptors (Lipinski definition) is 2. The molecule has 0 amide bonds. The molecule has 1 aliphatic carbocycles. The van der Waals surface area contributed by atoms with E-state index in [1.807, 2.05) is 6.92 Å². The highest BCUT2D eigenvalue weighted by atomic mass is 19.4. The minimum Gasteiger partial charge on any atom is -0.487 e. The molecular weight excluding hydrogens is 391 g/mol. The average Bonchev–Trinajstić information content (AvgIpc) is 2.64. The van der Waals surface area contributed by atoms with Crippen LogP contribution in [0.4, 0.5) is 22.0 Å². The van der Waals surface area contributed by atoms with Crippen molar-refractivity contribution < 1.29 is 31.8 Å². The zero-order chi connectivity index (χ0) is 21.0. The molecule has 2 aromatic carbocycles. The molecule has 0 saturated heterocycles. The maximum atomic E-state index is 15.0. The fourth-order valence-electron chi connectivity index (χ4n) is 4.97. The lowest BCUT2D eigenvalue weighted by Gasteiger charge is -2.55. The summed E-state index contributed by atoms with van der Waals surface area (Å²) in [6.07, 6.45) is -2.98. The van der Waals surface area contributed by atoms with Crippen molar-refractivity contribution >= 4 is 0 Å². The van der Waals surface area contributed by atoms with E-state index < -0.39 is 34.4 Å². The average molecular weight is 412 g/mol. The van der Waals surface area contributed by atoms with Crippen molar-refractivity contribution in [3.63, 3.8) is 0 Å². The molecule has 0 spiro atoms. The summed E-state index contributed by atoms with van der Waals surface area (Å²) >= 11 is 0. The van der Waals surface area contributed by atoms with Gasteiger partial charge in [-0.25, -0.2) is 8.78 Å². The zero-order valence-corrected chi connectivity index (χ0v) is 15.8. The summed E-state index contributed by atoms with van der Waals surface area (Å²) in [7, 11) is 0. The monoisotopic (exact) mass is 412 g/mol. The highest BCUT2D eigenvalue weighted by molar-refractivity contribution is 5.48. The van der Waals surface area contributed by atoms with Gasteiger partial charge in [0.1, 0.15) is 18.0 Å². The van der Waals surface area contributed by atoms with Crippen LogP contribution in [0.25, 0.3) is 0 Å². The number of ether oxygens (including phenoxy) is 1. The standard InChI is InChI=1S/C22H21F5O2/c1-13-8-9-20(11-14-2-4-15(5-3-14)22(25,26)27)18-16(23)6-7-17(24)19(18)29-12-21(20,28)10-13/h2-7,13,28H,8-12H2,1H3/t13-,20+,21+/m0/s1. The summed E-state index contributed by atoms with van der Waals surface area (Å²) in [5.41, 5.74) is -2.91. The van der Waals surface area contributed by atoms with Crippen molar-refractivity contribution in [2.75, 3.05) is 6.61 Å². The van der Waals surface area contributed by atoms with Crippen LogP contribution < -0.4 is 4.74 Å². The van der Waals surface area contributed by atoms with Gasteiger partial charge in [-0.1, -0.05) is 19.1 Å². The minimum absolute atomic E-state index is 0.0157. The summed E-state index contributed by atoms with van der Waals surface area (Å²) in [4.78, 5) is 0. The third-order valence-electron chi connectivity index (χ3n) is 6.42. The van der Waals surface area contributed by atoms with Crippen LogP contribution in [0.5, 0.6) is 5.75 Å². The van der Waals surface area contributed by atoms with Crippen LogP contribution in [0.1, 0.15) is 42.9 Å². The molecule has 2 nitrogen and oxygen atoms in total. The van der Waals surface area contributed by atoms with Crippen LogP contribution in [-0.2, 0) is 18.0 Å². The van der Waals surface area contributed by atoms with Gasteiger partial charge in [-0.2, -0.15) is 13.2 Å². The fourth-order valence-corrected chi connectivity index (χ4v) is 4.97. The van der Waals surface area contributed by atoms with E-state index >= 15 is 0 Å². The van der Waals surface area contributed by atoms with Crippen molar-refractivity contribution in [2.45, 2.75) is 49.8 Å². The molecule has 3 atom stereocenters. The Balaban J connectivity index is 1.84. The van der Waals surface area contributed by atoms with Gasteiger partial charge in [-0.3, -0.25) is 0 Å². The number of rotatable bonds is 2. The Labute approximate surface area is 165 Å². The number of benzene rings is 2. The smallest absolute Gasteiger partial charge is 0.416 e. The second kappa shape index (κ2) is 6.69. The molecule has 0 radical (unpaired) electrons. The number of halogens is 5. The highest BCUT2D eigenvalue weighted by Crippen LogP contribution is 2.56. The SMILES string of the molecule is C[C@H]1CC[C@@]2(Cc3ccc(C(F)(F)F)cc3)c3c(F)ccc(F)c3OC[C@]2(O)C1. The topological polar surface area (TPSA) is 29.5 Å². The van der Waals surface area contributed by atoms with Gasteiger partial charge in [0.25, 0.3) is 0 Å². The molecule has 7 heteroatoms. The summed E-state index contributed by atoms with van der Waals surface area (Å²) in [5, 5.41) is 11.5. The second-order valence-corrected chi connectivity index (χ2v) is 8.36. The summed E-state index contributed by atoms with van der Waals surface area (Å²) in [6, 6.07) is 6.60. The van der Waals surface area contributed by atoms with E-state index in [-0.39, 0.29) is 30.3 Å². The first kappa shape index (κ1) is 20.1. The van der Waals surface area contributed by atoms with Crippen molar-refractivity contribution in [1.82, 2.24) is 0 Å². The molecular formula is C22H21F5O2. The minimum atomic E-state index is -4.46. The molecule has 4 rings (SSSR count). The zero-order valence-electron chi connectivity index (χ0n) is 15.8. The number of fused-ring (bicyclic) bond motifs is 3. The molecule has 0 aromatic heterocycles. The normalized spacial score (nSPS) is 29.0. The largest absolute Gasteiger partial charge is 0.487 e. The Hall–Kier alpha value is -2.15. The van der Waals surface area contributed by atoms with E-state index in [0.717, 1.165) is 24.3 Å². The van der Waals surface area contributed by atoms with Crippen LogP contribution in [0.3, 0.4) is 0 Å². The molecule has 29 heavy (non-hydrogen) atoms. The molecule has 1 aliphatic heterocycles. The first-order chi connectivity index (χ1) is 13.6. The number of alkyl halides is 3.